The van der Waals surface area contributed by atoms with Crippen LogP contribution in [0.1, 0.15) is 52.4 Å². The minimum absolute atomic E-state index is 0.245. The Morgan fingerprint density at radius 2 is 1.90 bits per heavy atom. The smallest absolute Gasteiger partial charge is 0.236 e. The second-order valence-corrected chi connectivity index (χ2v) is 6.55. The van der Waals surface area contributed by atoms with Gasteiger partial charge in [0.15, 0.2) is 0 Å². The SMILES string of the molecule is CC(C)CCN(CC(=O)N(C)CCCN)C1CCCC1. The van der Waals surface area contributed by atoms with E-state index in [0.29, 0.717) is 25.0 Å². The Labute approximate surface area is 124 Å². The number of nitrogens with zero attached hydrogens (tertiary/aromatic N) is 2. The molecule has 0 aliphatic heterocycles. The molecule has 1 aliphatic rings. The van der Waals surface area contributed by atoms with E-state index in [4.69, 9.17) is 5.73 Å². The Balaban J connectivity index is 2.47. The van der Waals surface area contributed by atoms with Gasteiger partial charge in [-0.2, -0.15) is 0 Å². The molecule has 2 N–H and O–H groups in total. The van der Waals surface area contributed by atoms with E-state index in [9.17, 15) is 4.79 Å². The van der Waals surface area contributed by atoms with Gasteiger partial charge in [0.25, 0.3) is 0 Å². The standard InChI is InChI=1S/C16H33N3O/c1-14(2)9-12-19(15-7-4-5-8-15)13-16(20)18(3)11-6-10-17/h14-15H,4-13,17H2,1-3H3. The van der Waals surface area contributed by atoms with Crippen LogP contribution in [-0.4, -0.2) is 55.0 Å². The van der Waals surface area contributed by atoms with Gasteiger partial charge in [0.05, 0.1) is 6.54 Å². The molecular formula is C16H33N3O. The average molecular weight is 283 g/mol. The van der Waals surface area contributed by atoms with E-state index in [2.05, 4.69) is 18.7 Å². The topological polar surface area (TPSA) is 49.6 Å². The summed E-state index contributed by atoms with van der Waals surface area (Å²) < 4.78 is 0. The van der Waals surface area contributed by atoms with Crippen LogP contribution >= 0.6 is 0 Å². The van der Waals surface area contributed by atoms with Gasteiger partial charge in [-0.15, -0.1) is 0 Å². The van der Waals surface area contributed by atoms with E-state index in [1.165, 1.54) is 32.1 Å². The highest BCUT2D eigenvalue weighted by Crippen LogP contribution is 2.24. The predicted octanol–water partition coefficient (Wildman–Crippen LogP) is 2.08. The van der Waals surface area contributed by atoms with Crippen LogP contribution in [0, 0.1) is 5.92 Å². The molecule has 0 aromatic heterocycles. The van der Waals surface area contributed by atoms with Crippen LogP contribution in [0.2, 0.25) is 0 Å². The molecular weight excluding hydrogens is 250 g/mol. The molecule has 0 spiro atoms. The summed E-state index contributed by atoms with van der Waals surface area (Å²) in [5, 5.41) is 0. The van der Waals surface area contributed by atoms with Gasteiger partial charge in [0.2, 0.25) is 5.91 Å². The summed E-state index contributed by atoms with van der Waals surface area (Å²) in [4.78, 5) is 16.6. The number of carbonyl (C=O) groups is 1. The van der Waals surface area contributed by atoms with Crippen molar-refractivity contribution >= 4 is 5.91 Å². The second kappa shape index (κ2) is 9.35. The van der Waals surface area contributed by atoms with E-state index >= 15 is 0 Å². The van der Waals surface area contributed by atoms with Gasteiger partial charge < -0.3 is 10.6 Å². The van der Waals surface area contributed by atoms with Crippen LogP contribution in [0.3, 0.4) is 0 Å². The van der Waals surface area contributed by atoms with Crippen molar-refractivity contribution < 1.29 is 4.79 Å². The highest BCUT2D eigenvalue weighted by molar-refractivity contribution is 5.78. The highest BCUT2D eigenvalue weighted by atomic mass is 16.2. The lowest BCUT2D eigenvalue weighted by atomic mass is 10.1. The fourth-order valence-corrected chi connectivity index (χ4v) is 2.83. The fraction of sp³-hybridized carbons (Fsp3) is 0.938. The number of hydrogen-bond donors (Lipinski definition) is 1. The molecule has 0 aromatic rings. The molecule has 0 unspecified atom stereocenters. The number of carbonyl (C=O) groups excluding carboxylic acids is 1. The first-order chi connectivity index (χ1) is 9.54. The zero-order valence-corrected chi connectivity index (χ0v) is 13.6. The molecule has 20 heavy (non-hydrogen) atoms. The summed E-state index contributed by atoms with van der Waals surface area (Å²) in [6.45, 7) is 7.57. The van der Waals surface area contributed by atoms with Crippen LogP contribution in [-0.2, 0) is 4.79 Å². The van der Waals surface area contributed by atoms with Crippen molar-refractivity contribution in [2.45, 2.75) is 58.4 Å². The summed E-state index contributed by atoms with van der Waals surface area (Å²) in [5.74, 6) is 0.943. The lowest BCUT2D eigenvalue weighted by Crippen LogP contribution is -2.43. The molecule has 1 rings (SSSR count). The average Bonchev–Trinajstić information content (AvgIpc) is 2.94. The number of nitrogens with two attached hydrogens (primary N) is 1. The largest absolute Gasteiger partial charge is 0.345 e. The Hall–Kier alpha value is -0.610. The molecule has 0 heterocycles. The molecule has 0 aromatic carbocycles. The van der Waals surface area contributed by atoms with E-state index < -0.39 is 0 Å². The Kier molecular flexibility index (Phi) is 8.15. The Morgan fingerprint density at radius 3 is 2.45 bits per heavy atom. The Morgan fingerprint density at radius 1 is 1.25 bits per heavy atom. The third kappa shape index (κ3) is 6.23. The van der Waals surface area contributed by atoms with Crippen LogP contribution in [0.4, 0.5) is 0 Å². The van der Waals surface area contributed by atoms with Crippen LogP contribution in [0.5, 0.6) is 0 Å². The quantitative estimate of drug-likeness (QED) is 0.705. The van der Waals surface area contributed by atoms with Crippen molar-refractivity contribution in [2.24, 2.45) is 11.7 Å². The maximum Gasteiger partial charge on any atom is 0.236 e. The molecule has 1 aliphatic carbocycles. The molecule has 1 amide bonds. The first-order valence-electron chi connectivity index (χ1n) is 8.22. The Bertz CT molecular complexity index is 275. The van der Waals surface area contributed by atoms with Crippen LogP contribution < -0.4 is 5.73 Å². The summed E-state index contributed by atoms with van der Waals surface area (Å²) in [6, 6.07) is 0.626. The highest BCUT2D eigenvalue weighted by Gasteiger charge is 2.25. The number of hydrogen-bond acceptors (Lipinski definition) is 3. The summed E-state index contributed by atoms with van der Waals surface area (Å²) in [6.07, 6.45) is 7.23. The normalized spacial score (nSPS) is 16.3. The summed E-state index contributed by atoms with van der Waals surface area (Å²) >= 11 is 0. The molecule has 0 radical (unpaired) electrons. The predicted molar refractivity (Wildman–Crippen MR) is 84.6 cm³/mol. The molecule has 0 saturated heterocycles. The summed E-state index contributed by atoms with van der Waals surface area (Å²) in [7, 11) is 1.90. The minimum Gasteiger partial charge on any atom is -0.345 e. The van der Waals surface area contributed by atoms with E-state index in [-0.39, 0.29) is 5.91 Å². The van der Waals surface area contributed by atoms with Crippen molar-refractivity contribution in [1.29, 1.82) is 0 Å². The van der Waals surface area contributed by atoms with Crippen molar-refractivity contribution in [2.75, 3.05) is 33.2 Å². The number of amides is 1. The van der Waals surface area contributed by atoms with Gasteiger partial charge in [0, 0.05) is 19.6 Å². The molecule has 4 heteroatoms. The van der Waals surface area contributed by atoms with E-state index in [0.717, 1.165) is 19.5 Å². The molecule has 1 saturated carbocycles. The lowest BCUT2D eigenvalue weighted by Gasteiger charge is -2.30. The molecule has 118 valence electrons. The van der Waals surface area contributed by atoms with Gasteiger partial charge in [-0.1, -0.05) is 26.7 Å². The van der Waals surface area contributed by atoms with Gasteiger partial charge in [-0.05, 0) is 44.7 Å². The third-order valence-corrected chi connectivity index (χ3v) is 4.30. The van der Waals surface area contributed by atoms with Gasteiger partial charge in [0.1, 0.15) is 0 Å². The monoisotopic (exact) mass is 283 g/mol. The molecule has 0 atom stereocenters. The van der Waals surface area contributed by atoms with Crippen LogP contribution in [0.25, 0.3) is 0 Å². The summed E-state index contributed by atoms with van der Waals surface area (Å²) in [5.41, 5.74) is 5.51. The third-order valence-electron chi connectivity index (χ3n) is 4.30. The number of rotatable bonds is 9. The van der Waals surface area contributed by atoms with Crippen molar-refractivity contribution in [3.05, 3.63) is 0 Å². The van der Waals surface area contributed by atoms with Gasteiger partial charge in [-0.3, -0.25) is 9.69 Å². The second-order valence-electron chi connectivity index (χ2n) is 6.55. The van der Waals surface area contributed by atoms with Crippen LogP contribution in [0.15, 0.2) is 0 Å². The molecule has 4 nitrogen and oxygen atoms in total. The minimum atomic E-state index is 0.245. The lowest BCUT2D eigenvalue weighted by molar-refractivity contribution is -0.131. The first kappa shape index (κ1) is 17.4. The molecule has 0 bridgehead atoms. The maximum absolute atomic E-state index is 12.3. The van der Waals surface area contributed by atoms with Gasteiger partial charge >= 0.3 is 0 Å². The first-order valence-corrected chi connectivity index (χ1v) is 8.22. The van der Waals surface area contributed by atoms with E-state index in [1.54, 1.807) is 0 Å². The zero-order valence-electron chi connectivity index (χ0n) is 13.6. The van der Waals surface area contributed by atoms with Crippen molar-refractivity contribution in [3.63, 3.8) is 0 Å². The van der Waals surface area contributed by atoms with E-state index in [1.807, 2.05) is 11.9 Å². The van der Waals surface area contributed by atoms with Gasteiger partial charge in [-0.25, -0.2) is 0 Å². The van der Waals surface area contributed by atoms with Crippen molar-refractivity contribution in [3.8, 4) is 0 Å². The fourth-order valence-electron chi connectivity index (χ4n) is 2.83. The maximum atomic E-state index is 12.3. The zero-order chi connectivity index (χ0) is 15.0. The molecule has 1 fully saturated rings. The number of likely N-dealkylation sites (N-methyl/N-ethyl adjacent to an activating group) is 1. The van der Waals surface area contributed by atoms with Crippen molar-refractivity contribution in [1.82, 2.24) is 9.80 Å².